The van der Waals surface area contributed by atoms with Crippen molar-refractivity contribution in [2.45, 2.75) is 75.8 Å². The number of imidazole rings is 1. The van der Waals surface area contributed by atoms with Crippen LogP contribution < -0.4 is 11.1 Å². The highest BCUT2D eigenvalue weighted by Crippen LogP contribution is 2.32. The van der Waals surface area contributed by atoms with Gasteiger partial charge in [0, 0.05) is 33.0 Å². The number of fused-ring (bicyclic) bond motifs is 1. The summed E-state index contributed by atoms with van der Waals surface area (Å²) in [6, 6.07) is 12.2. The molecule has 200 valence electrons. The number of nitrogens with zero attached hydrogens (tertiary/aromatic N) is 2. The normalized spacial score (nSPS) is 17.4. The van der Waals surface area contributed by atoms with Gasteiger partial charge in [-0.05, 0) is 86.2 Å². The van der Waals surface area contributed by atoms with Crippen LogP contribution in [0.4, 0.5) is 4.39 Å². The summed E-state index contributed by atoms with van der Waals surface area (Å²) in [5.41, 5.74) is 10.3. The Hall–Kier alpha value is -2.39. The van der Waals surface area contributed by atoms with Gasteiger partial charge in [0.2, 0.25) is 0 Å². The monoisotopic (exact) mass is 523 g/mol. The summed E-state index contributed by atoms with van der Waals surface area (Å²) in [5.74, 6) is 0.667. The van der Waals surface area contributed by atoms with Crippen LogP contribution in [0.25, 0.3) is 11.3 Å². The third kappa shape index (κ3) is 7.80. The van der Waals surface area contributed by atoms with Crippen LogP contribution in [0, 0.1) is 5.82 Å². The number of benzene rings is 1. The predicted molar refractivity (Wildman–Crippen MR) is 151 cm³/mol. The lowest BCUT2D eigenvalue weighted by atomic mass is 9.88. The topological polar surface area (TPSA) is 88.8 Å². The van der Waals surface area contributed by atoms with E-state index < -0.39 is 8.07 Å². The molecule has 3 unspecified atom stereocenters. The number of nitrogens with two attached hydrogens (primary N) is 1. The largest absolute Gasteiger partial charge is 0.381 e. The molecule has 6 nitrogen and oxygen atoms in total. The predicted octanol–water partition coefficient (Wildman–Crippen LogP) is 5.82. The molecule has 0 fully saturated rings. The first-order valence-corrected chi connectivity index (χ1v) is 17.3. The number of halogens is 1. The van der Waals surface area contributed by atoms with Crippen LogP contribution in [-0.2, 0) is 11.2 Å². The van der Waals surface area contributed by atoms with E-state index in [-0.39, 0.29) is 23.8 Å². The molecule has 0 bridgehead atoms. The van der Waals surface area contributed by atoms with Crippen molar-refractivity contribution in [3.05, 3.63) is 71.7 Å². The minimum absolute atomic E-state index is 0.0245. The summed E-state index contributed by atoms with van der Waals surface area (Å²) >= 11 is 0. The van der Waals surface area contributed by atoms with Gasteiger partial charge in [0.15, 0.2) is 0 Å². The molecule has 3 aromatic rings. The number of aromatic nitrogens is 3. The Balaban J connectivity index is 1.59. The van der Waals surface area contributed by atoms with Crippen LogP contribution in [0.15, 0.2) is 48.8 Å². The molecule has 1 aromatic carbocycles. The van der Waals surface area contributed by atoms with E-state index in [4.69, 9.17) is 20.4 Å². The molecule has 2 heterocycles. The van der Waals surface area contributed by atoms with Crippen LogP contribution in [0.1, 0.15) is 54.7 Å². The smallest absolute Gasteiger partial charge is 0.123 e. The average molecular weight is 524 g/mol. The number of hydrogen-bond acceptors (Lipinski definition) is 5. The van der Waals surface area contributed by atoms with Crippen molar-refractivity contribution in [1.82, 2.24) is 20.3 Å². The van der Waals surface area contributed by atoms with Gasteiger partial charge in [0.05, 0.1) is 30.1 Å². The SMILES string of the molecule is C[Si](C)(C)CCOCC(c1ncc(-c2ccc(F)cc2)[nH]1)C(CCCN)NC1CCCc2cccnc21. The van der Waals surface area contributed by atoms with Gasteiger partial charge < -0.3 is 20.8 Å². The summed E-state index contributed by atoms with van der Waals surface area (Å²) < 4.78 is 19.8. The highest BCUT2D eigenvalue weighted by Gasteiger charge is 2.31. The summed E-state index contributed by atoms with van der Waals surface area (Å²) in [7, 11) is -1.20. The second-order valence-corrected chi connectivity index (χ2v) is 17.0. The van der Waals surface area contributed by atoms with Crippen molar-refractivity contribution in [1.29, 1.82) is 0 Å². The Morgan fingerprint density at radius 3 is 2.76 bits per heavy atom. The van der Waals surface area contributed by atoms with Gasteiger partial charge in [-0.1, -0.05) is 25.7 Å². The number of rotatable bonds is 13. The molecule has 0 amide bonds. The van der Waals surface area contributed by atoms with Crippen molar-refractivity contribution in [3.8, 4) is 11.3 Å². The molecule has 1 aliphatic carbocycles. The van der Waals surface area contributed by atoms with E-state index in [0.717, 1.165) is 67.5 Å². The Morgan fingerprint density at radius 1 is 1.19 bits per heavy atom. The van der Waals surface area contributed by atoms with Gasteiger partial charge in [-0.2, -0.15) is 0 Å². The van der Waals surface area contributed by atoms with Crippen molar-refractivity contribution in [3.63, 3.8) is 0 Å². The molecule has 4 N–H and O–H groups in total. The average Bonchev–Trinajstić information content (AvgIpc) is 3.36. The standard InChI is InChI=1S/C29H42FN5OSi/c1-37(2,3)18-17-36-20-24(29-33-19-27(35-29)21-11-13-23(30)14-12-21)25(10-5-15-31)34-26-9-4-7-22-8-6-16-32-28(22)26/h6,8,11-14,16,19,24-26,34H,4-5,7,9-10,15,17-18,20,31H2,1-3H3,(H,33,35). The summed E-state index contributed by atoms with van der Waals surface area (Å²) in [5, 5.41) is 3.96. The van der Waals surface area contributed by atoms with Crippen molar-refractivity contribution in [2.24, 2.45) is 5.73 Å². The fraction of sp³-hybridized carbons (Fsp3) is 0.517. The molecular weight excluding hydrogens is 481 g/mol. The fourth-order valence-electron chi connectivity index (χ4n) is 5.04. The summed E-state index contributed by atoms with van der Waals surface area (Å²) in [6.07, 6.45) is 8.86. The zero-order valence-electron chi connectivity index (χ0n) is 22.5. The van der Waals surface area contributed by atoms with E-state index in [0.29, 0.717) is 13.2 Å². The number of aromatic amines is 1. The molecule has 0 aliphatic heterocycles. The lowest BCUT2D eigenvalue weighted by Gasteiger charge is -2.33. The van der Waals surface area contributed by atoms with Gasteiger partial charge >= 0.3 is 0 Å². The number of ether oxygens (including phenoxy) is 1. The third-order valence-corrected chi connectivity index (χ3v) is 8.92. The molecule has 1 aliphatic rings. The lowest BCUT2D eigenvalue weighted by molar-refractivity contribution is 0.113. The number of aryl methyl sites for hydroxylation is 1. The summed E-state index contributed by atoms with van der Waals surface area (Å²) in [6.45, 7) is 9.08. The van der Waals surface area contributed by atoms with E-state index in [1.807, 2.05) is 18.5 Å². The second-order valence-electron chi connectivity index (χ2n) is 11.4. The highest BCUT2D eigenvalue weighted by molar-refractivity contribution is 6.76. The third-order valence-electron chi connectivity index (χ3n) is 7.21. The maximum atomic E-state index is 13.5. The number of hydrogen-bond donors (Lipinski definition) is 3. The van der Waals surface area contributed by atoms with Crippen LogP contribution in [0.3, 0.4) is 0 Å². The van der Waals surface area contributed by atoms with E-state index in [1.54, 1.807) is 12.1 Å². The van der Waals surface area contributed by atoms with E-state index in [9.17, 15) is 4.39 Å². The second kappa shape index (κ2) is 12.9. The van der Waals surface area contributed by atoms with E-state index in [2.05, 4.69) is 36.0 Å². The van der Waals surface area contributed by atoms with Crippen LogP contribution in [-0.4, -0.2) is 48.8 Å². The summed E-state index contributed by atoms with van der Waals surface area (Å²) in [4.78, 5) is 13.1. The Labute approximate surface area is 221 Å². The van der Waals surface area contributed by atoms with Crippen LogP contribution >= 0.6 is 0 Å². The van der Waals surface area contributed by atoms with Crippen molar-refractivity contribution < 1.29 is 9.13 Å². The first-order chi connectivity index (χ1) is 17.8. The minimum atomic E-state index is -1.20. The van der Waals surface area contributed by atoms with E-state index in [1.165, 1.54) is 17.7 Å². The molecule has 8 heteroatoms. The molecule has 3 atom stereocenters. The molecule has 0 radical (unpaired) electrons. The van der Waals surface area contributed by atoms with Crippen molar-refractivity contribution >= 4 is 8.07 Å². The maximum Gasteiger partial charge on any atom is 0.123 e. The van der Waals surface area contributed by atoms with Gasteiger partial charge in [-0.3, -0.25) is 4.98 Å². The van der Waals surface area contributed by atoms with Crippen molar-refractivity contribution in [2.75, 3.05) is 19.8 Å². The van der Waals surface area contributed by atoms with Gasteiger partial charge in [0.1, 0.15) is 11.6 Å². The Kier molecular flexibility index (Phi) is 9.64. The number of H-pyrrole nitrogens is 1. The zero-order chi connectivity index (χ0) is 26.3. The Bertz CT molecular complexity index is 1110. The maximum absolute atomic E-state index is 13.5. The zero-order valence-corrected chi connectivity index (χ0v) is 23.5. The number of nitrogens with one attached hydrogen (secondary N) is 2. The molecule has 37 heavy (non-hydrogen) atoms. The molecule has 2 aromatic heterocycles. The highest BCUT2D eigenvalue weighted by atomic mass is 28.3. The molecule has 4 rings (SSSR count). The van der Waals surface area contributed by atoms with Crippen LogP contribution in [0.2, 0.25) is 25.7 Å². The molecule has 0 spiro atoms. The van der Waals surface area contributed by atoms with Gasteiger partial charge in [0.25, 0.3) is 0 Å². The first-order valence-electron chi connectivity index (χ1n) is 13.6. The minimum Gasteiger partial charge on any atom is -0.381 e. The Morgan fingerprint density at radius 2 is 2.00 bits per heavy atom. The molecular formula is C29H42FN5OSi. The fourth-order valence-corrected chi connectivity index (χ4v) is 5.80. The first kappa shape index (κ1) is 27.6. The van der Waals surface area contributed by atoms with Crippen LogP contribution in [0.5, 0.6) is 0 Å². The van der Waals surface area contributed by atoms with Gasteiger partial charge in [-0.15, -0.1) is 0 Å². The molecule has 0 saturated carbocycles. The van der Waals surface area contributed by atoms with Gasteiger partial charge in [-0.25, -0.2) is 9.37 Å². The quantitative estimate of drug-likeness (QED) is 0.194. The van der Waals surface area contributed by atoms with E-state index >= 15 is 0 Å². The molecule has 0 saturated heterocycles. The lowest BCUT2D eigenvalue weighted by Crippen LogP contribution is -2.41. The number of pyridine rings is 1.